The van der Waals surface area contributed by atoms with Gasteiger partial charge in [0.15, 0.2) is 0 Å². The Bertz CT molecular complexity index is 20.9. The Morgan fingerprint density at radius 3 is 2.00 bits per heavy atom. The van der Waals surface area contributed by atoms with Crippen LogP contribution >= 0.6 is 0 Å². The normalized spacial score (nSPS) is 4.20. The van der Waals surface area contributed by atoms with Gasteiger partial charge in [-0.15, -0.1) is 0 Å². The molecule has 26 valence electrons. The third-order valence-corrected chi connectivity index (χ3v) is 0.167. The van der Waals surface area contributed by atoms with Gasteiger partial charge in [0.05, 0.1) is 13.4 Å². The summed E-state index contributed by atoms with van der Waals surface area (Å²) in [5.41, 5.74) is 0. The van der Waals surface area contributed by atoms with Crippen LogP contribution in [-0.2, 0) is 4.74 Å². The predicted molar refractivity (Wildman–Crippen MR) is 24.4 cm³/mol. The van der Waals surface area contributed by atoms with Crippen molar-refractivity contribution in [2.24, 2.45) is 0 Å². The molecule has 0 N–H and O–H groups in total. The van der Waals surface area contributed by atoms with Crippen LogP contribution in [0.3, 0.4) is 0 Å². The number of hydrogen-bond acceptors (Lipinski definition) is 1. The SMILES string of the molecule is C=COC.[NaH]. The summed E-state index contributed by atoms with van der Waals surface area (Å²) >= 11 is 0. The zero-order valence-corrected chi connectivity index (χ0v) is 2.69. The molecule has 0 saturated heterocycles. The second kappa shape index (κ2) is 8.82. The Morgan fingerprint density at radius 2 is 2.00 bits per heavy atom. The molecule has 0 spiro atoms. The minimum atomic E-state index is 0. The summed E-state index contributed by atoms with van der Waals surface area (Å²) in [4.78, 5) is 0. The fraction of sp³-hybridized carbons (Fsp3) is 0.333. The molecule has 0 heterocycles. The second-order valence-corrected chi connectivity index (χ2v) is 0.402. The molecule has 0 aromatic heterocycles. The number of ether oxygens (including phenoxy) is 1. The third kappa shape index (κ3) is 12.4. The molecule has 2 heteroatoms. The standard InChI is InChI=1S/C3H6O.Na.H/c1-3-4-2;;/h3H,1H2,2H3;;. The molecule has 0 aliphatic heterocycles. The van der Waals surface area contributed by atoms with Gasteiger partial charge >= 0.3 is 29.6 Å². The summed E-state index contributed by atoms with van der Waals surface area (Å²) in [7, 11) is 1.56. The predicted octanol–water partition coefficient (Wildman–Crippen LogP) is 0.128. The number of methoxy groups -OCH3 is 1. The fourth-order valence-corrected chi connectivity index (χ4v) is 0. The molecule has 0 amide bonds. The quantitative estimate of drug-likeness (QED) is 0.322. The molecule has 0 fully saturated rings. The van der Waals surface area contributed by atoms with Gasteiger partial charge in [-0.3, -0.25) is 0 Å². The van der Waals surface area contributed by atoms with Gasteiger partial charge in [0.25, 0.3) is 0 Å². The first-order chi connectivity index (χ1) is 1.91. The summed E-state index contributed by atoms with van der Waals surface area (Å²) < 4.78 is 4.31. The molecule has 1 nitrogen and oxygen atoms in total. The minimum absolute atomic E-state index is 0. The average Bonchev–Trinajstić information content (AvgIpc) is 1.37. The molecule has 0 radical (unpaired) electrons. The van der Waals surface area contributed by atoms with Crippen LogP contribution in [-0.4, -0.2) is 36.7 Å². The van der Waals surface area contributed by atoms with Crippen LogP contribution in [0.1, 0.15) is 0 Å². The van der Waals surface area contributed by atoms with E-state index in [0.29, 0.717) is 0 Å². The van der Waals surface area contributed by atoms with Crippen LogP contribution in [0.5, 0.6) is 0 Å². The summed E-state index contributed by atoms with van der Waals surface area (Å²) in [5, 5.41) is 0. The summed E-state index contributed by atoms with van der Waals surface area (Å²) in [6.45, 7) is 3.26. The van der Waals surface area contributed by atoms with Crippen molar-refractivity contribution in [3.63, 3.8) is 0 Å². The van der Waals surface area contributed by atoms with Crippen LogP contribution in [0.15, 0.2) is 12.8 Å². The van der Waals surface area contributed by atoms with Gasteiger partial charge in [-0.05, 0) is 0 Å². The van der Waals surface area contributed by atoms with Crippen molar-refractivity contribution in [1.82, 2.24) is 0 Å². The molecule has 0 aliphatic rings. The van der Waals surface area contributed by atoms with Crippen molar-refractivity contribution in [1.29, 1.82) is 0 Å². The van der Waals surface area contributed by atoms with Crippen molar-refractivity contribution in [3.8, 4) is 0 Å². The molecular formula is C3H7NaO. The number of rotatable bonds is 1. The van der Waals surface area contributed by atoms with E-state index in [1.165, 1.54) is 6.26 Å². The molecule has 0 saturated carbocycles. The van der Waals surface area contributed by atoms with E-state index in [2.05, 4.69) is 11.3 Å². The molecule has 0 atom stereocenters. The summed E-state index contributed by atoms with van der Waals surface area (Å²) in [6.07, 6.45) is 1.38. The Labute approximate surface area is 54.3 Å². The third-order valence-electron chi connectivity index (χ3n) is 0.167. The number of hydrogen-bond donors (Lipinski definition) is 0. The molecule has 0 aliphatic carbocycles. The van der Waals surface area contributed by atoms with Crippen molar-refractivity contribution < 1.29 is 4.74 Å². The molecule has 0 rings (SSSR count). The van der Waals surface area contributed by atoms with Crippen LogP contribution in [0, 0.1) is 0 Å². The van der Waals surface area contributed by atoms with Crippen LogP contribution in [0.4, 0.5) is 0 Å². The average molecular weight is 82.1 g/mol. The van der Waals surface area contributed by atoms with E-state index in [-0.39, 0.29) is 29.6 Å². The topological polar surface area (TPSA) is 9.23 Å². The second-order valence-electron chi connectivity index (χ2n) is 0.402. The van der Waals surface area contributed by atoms with E-state index in [1.54, 1.807) is 7.11 Å². The van der Waals surface area contributed by atoms with Crippen molar-refractivity contribution in [2.45, 2.75) is 0 Å². The van der Waals surface area contributed by atoms with Gasteiger partial charge in [0.1, 0.15) is 0 Å². The van der Waals surface area contributed by atoms with E-state index in [0.717, 1.165) is 0 Å². The first kappa shape index (κ1) is 9.11. The first-order valence-corrected chi connectivity index (χ1v) is 1.05. The summed E-state index contributed by atoms with van der Waals surface area (Å²) in [5.74, 6) is 0. The molecule has 0 bridgehead atoms. The molecule has 0 aromatic carbocycles. The Morgan fingerprint density at radius 1 is 1.80 bits per heavy atom. The Hall–Kier alpha value is 0.540. The van der Waals surface area contributed by atoms with Gasteiger partial charge in [0.2, 0.25) is 0 Å². The molecular weight excluding hydrogens is 75.0 g/mol. The van der Waals surface area contributed by atoms with Gasteiger partial charge in [-0.1, -0.05) is 6.58 Å². The zero-order valence-electron chi connectivity index (χ0n) is 2.69. The van der Waals surface area contributed by atoms with E-state index in [9.17, 15) is 0 Å². The molecule has 5 heavy (non-hydrogen) atoms. The Balaban J connectivity index is 0. The van der Waals surface area contributed by atoms with E-state index in [4.69, 9.17) is 0 Å². The van der Waals surface area contributed by atoms with Gasteiger partial charge in [0, 0.05) is 0 Å². The first-order valence-electron chi connectivity index (χ1n) is 1.05. The Kier molecular flexibility index (Phi) is 16.1. The molecule has 0 unspecified atom stereocenters. The van der Waals surface area contributed by atoms with Crippen LogP contribution < -0.4 is 0 Å². The summed E-state index contributed by atoms with van der Waals surface area (Å²) in [6, 6.07) is 0. The van der Waals surface area contributed by atoms with E-state index < -0.39 is 0 Å². The van der Waals surface area contributed by atoms with Crippen LogP contribution in [0.2, 0.25) is 0 Å². The fourth-order valence-electron chi connectivity index (χ4n) is 0. The zero-order chi connectivity index (χ0) is 3.41. The van der Waals surface area contributed by atoms with Crippen molar-refractivity contribution >= 4 is 29.6 Å². The van der Waals surface area contributed by atoms with Crippen molar-refractivity contribution in [2.75, 3.05) is 7.11 Å². The van der Waals surface area contributed by atoms with E-state index >= 15 is 0 Å². The van der Waals surface area contributed by atoms with Crippen molar-refractivity contribution in [3.05, 3.63) is 12.8 Å². The van der Waals surface area contributed by atoms with Gasteiger partial charge in [-0.2, -0.15) is 0 Å². The van der Waals surface area contributed by atoms with Gasteiger partial charge < -0.3 is 4.74 Å². The van der Waals surface area contributed by atoms with Crippen LogP contribution in [0.25, 0.3) is 0 Å². The molecule has 0 aromatic rings. The van der Waals surface area contributed by atoms with Gasteiger partial charge in [-0.25, -0.2) is 0 Å². The maximum atomic E-state index is 4.31. The monoisotopic (exact) mass is 82.0 g/mol. The van der Waals surface area contributed by atoms with E-state index in [1.807, 2.05) is 0 Å². The maximum absolute atomic E-state index is 4.31.